The Balaban J connectivity index is 2.24. The molecule has 13 heavy (non-hydrogen) atoms. The van der Waals surface area contributed by atoms with Crippen molar-refractivity contribution in [3.63, 3.8) is 0 Å². The molecule has 0 aliphatic carbocycles. The molecule has 1 atom stereocenters. The highest BCUT2D eigenvalue weighted by Crippen LogP contribution is 2.33. The van der Waals surface area contributed by atoms with Gasteiger partial charge in [-0.15, -0.1) is 0 Å². The molecule has 0 aromatic heterocycles. The third-order valence-electron chi connectivity index (χ3n) is 2.25. The second-order valence-electron chi connectivity index (χ2n) is 3.04. The zero-order chi connectivity index (χ0) is 9.26. The van der Waals surface area contributed by atoms with Crippen molar-refractivity contribution < 1.29 is 9.47 Å². The molecule has 1 fully saturated rings. The van der Waals surface area contributed by atoms with E-state index in [1.54, 1.807) is 7.11 Å². The van der Waals surface area contributed by atoms with E-state index in [0.717, 1.165) is 18.6 Å². The van der Waals surface area contributed by atoms with Gasteiger partial charge in [-0.05, 0) is 17.7 Å². The molecule has 0 spiro atoms. The standard InChI is InChI=1S/C10H11ClO2/c1-12-10-3-2-7(6-8(10)11)9-4-5-13-9/h2-3,6,9H,4-5H2,1H3. The first-order chi connectivity index (χ1) is 6.31. The Hall–Kier alpha value is -0.730. The molecule has 3 heteroatoms. The lowest BCUT2D eigenvalue weighted by molar-refractivity contribution is -0.0527. The predicted molar refractivity (Wildman–Crippen MR) is 51.3 cm³/mol. The van der Waals surface area contributed by atoms with Gasteiger partial charge in [0.2, 0.25) is 0 Å². The molecule has 1 saturated heterocycles. The second-order valence-corrected chi connectivity index (χ2v) is 3.45. The van der Waals surface area contributed by atoms with E-state index < -0.39 is 0 Å². The lowest BCUT2D eigenvalue weighted by Gasteiger charge is -2.27. The summed E-state index contributed by atoms with van der Waals surface area (Å²) in [6, 6.07) is 5.78. The summed E-state index contributed by atoms with van der Waals surface area (Å²) < 4.78 is 10.4. The predicted octanol–water partition coefficient (Wildman–Crippen LogP) is 2.81. The largest absolute Gasteiger partial charge is 0.495 e. The van der Waals surface area contributed by atoms with E-state index in [-0.39, 0.29) is 6.10 Å². The van der Waals surface area contributed by atoms with Crippen LogP contribution in [-0.2, 0) is 4.74 Å². The molecular formula is C10H11ClO2. The maximum Gasteiger partial charge on any atom is 0.137 e. The molecule has 1 unspecified atom stereocenters. The van der Waals surface area contributed by atoms with E-state index in [1.807, 2.05) is 18.2 Å². The summed E-state index contributed by atoms with van der Waals surface area (Å²) in [6.07, 6.45) is 1.33. The molecule has 1 aliphatic heterocycles. The Morgan fingerprint density at radius 2 is 2.31 bits per heavy atom. The zero-order valence-corrected chi connectivity index (χ0v) is 8.17. The second kappa shape index (κ2) is 3.56. The highest BCUT2D eigenvalue weighted by Gasteiger charge is 2.20. The fourth-order valence-corrected chi connectivity index (χ4v) is 1.65. The van der Waals surface area contributed by atoms with Crippen molar-refractivity contribution in [3.05, 3.63) is 28.8 Å². The summed E-state index contributed by atoms with van der Waals surface area (Å²) in [5.74, 6) is 0.713. The van der Waals surface area contributed by atoms with Crippen LogP contribution in [0.5, 0.6) is 5.75 Å². The van der Waals surface area contributed by atoms with Crippen LogP contribution in [-0.4, -0.2) is 13.7 Å². The SMILES string of the molecule is COc1ccc(C2CCO2)cc1Cl. The molecule has 1 heterocycles. The Morgan fingerprint density at radius 1 is 1.54 bits per heavy atom. The summed E-state index contributed by atoms with van der Waals surface area (Å²) in [5.41, 5.74) is 1.14. The van der Waals surface area contributed by atoms with Gasteiger partial charge in [0, 0.05) is 6.42 Å². The van der Waals surface area contributed by atoms with Crippen molar-refractivity contribution in [1.82, 2.24) is 0 Å². The molecule has 2 nitrogen and oxygen atoms in total. The van der Waals surface area contributed by atoms with Gasteiger partial charge in [-0.25, -0.2) is 0 Å². The topological polar surface area (TPSA) is 18.5 Å². The number of methoxy groups -OCH3 is 1. The number of halogens is 1. The van der Waals surface area contributed by atoms with Crippen LogP contribution in [0.15, 0.2) is 18.2 Å². The van der Waals surface area contributed by atoms with Crippen LogP contribution in [0, 0.1) is 0 Å². The maximum absolute atomic E-state index is 5.97. The van der Waals surface area contributed by atoms with Crippen LogP contribution in [0.4, 0.5) is 0 Å². The van der Waals surface area contributed by atoms with Crippen molar-refractivity contribution in [2.45, 2.75) is 12.5 Å². The summed E-state index contributed by atoms with van der Waals surface area (Å²) in [5, 5.41) is 0.649. The first-order valence-corrected chi connectivity index (χ1v) is 4.64. The Labute approximate surface area is 82.4 Å². The van der Waals surface area contributed by atoms with Crippen molar-refractivity contribution >= 4 is 11.6 Å². The van der Waals surface area contributed by atoms with E-state index in [4.69, 9.17) is 21.1 Å². The molecule has 0 amide bonds. The van der Waals surface area contributed by atoms with Crippen LogP contribution in [0.1, 0.15) is 18.1 Å². The number of hydrogen-bond acceptors (Lipinski definition) is 2. The highest BCUT2D eigenvalue weighted by molar-refractivity contribution is 6.32. The van der Waals surface area contributed by atoms with Gasteiger partial charge in [0.15, 0.2) is 0 Å². The van der Waals surface area contributed by atoms with Crippen LogP contribution in [0.25, 0.3) is 0 Å². The summed E-state index contributed by atoms with van der Waals surface area (Å²) >= 11 is 5.97. The van der Waals surface area contributed by atoms with Crippen LogP contribution in [0.3, 0.4) is 0 Å². The third-order valence-corrected chi connectivity index (χ3v) is 2.54. The molecule has 1 aliphatic rings. The fourth-order valence-electron chi connectivity index (χ4n) is 1.38. The summed E-state index contributed by atoms with van der Waals surface area (Å²) in [4.78, 5) is 0. The van der Waals surface area contributed by atoms with Gasteiger partial charge in [-0.2, -0.15) is 0 Å². The zero-order valence-electron chi connectivity index (χ0n) is 7.42. The number of hydrogen-bond donors (Lipinski definition) is 0. The molecule has 1 aromatic carbocycles. The van der Waals surface area contributed by atoms with Gasteiger partial charge >= 0.3 is 0 Å². The van der Waals surface area contributed by atoms with Gasteiger partial charge in [-0.3, -0.25) is 0 Å². The number of benzene rings is 1. The lowest BCUT2D eigenvalue weighted by Crippen LogP contribution is -2.18. The maximum atomic E-state index is 5.97. The number of rotatable bonds is 2. The van der Waals surface area contributed by atoms with Gasteiger partial charge < -0.3 is 9.47 Å². The van der Waals surface area contributed by atoms with Gasteiger partial charge in [-0.1, -0.05) is 17.7 Å². The smallest absolute Gasteiger partial charge is 0.137 e. The first kappa shape index (κ1) is 8.85. The van der Waals surface area contributed by atoms with Crippen molar-refractivity contribution in [3.8, 4) is 5.75 Å². The third kappa shape index (κ3) is 1.64. The highest BCUT2D eigenvalue weighted by atomic mass is 35.5. The van der Waals surface area contributed by atoms with Gasteiger partial charge in [0.1, 0.15) is 5.75 Å². The van der Waals surface area contributed by atoms with Crippen molar-refractivity contribution in [2.75, 3.05) is 13.7 Å². The van der Waals surface area contributed by atoms with Gasteiger partial charge in [0.05, 0.1) is 24.8 Å². The van der Waals surface area contributed by atoms with E-state index in [1.165, 1.54) is 0 Å². The van der Waals surface area contributed by atoms with E-state index in [0.29, 0.717) is 10.8 Å². The van der Waals surface area contributed by atoms with Crippen molar-refractivity contribution in [1.29, 1.82) is 0 Å². The minimum Gasteiger partial charge on any atom is -0.495 e. The normalized spacial score (nSPS) is 20.9. The monoisotopic (exact) mass is 198 g/mol. The Bertz CT molecular complexity index is 308. The van der Waals surface area contributed by atoms with Crippen molar-refractivity contribution in [2.24, 2.45) is 0 Å². The Morgan fingerprint density at radius 3 is 2.77 bits per heavy atom. The molecule has 2 rings (SSSR count). The average molecular weight is 199 g/mol. The fraction of sp³-hybridized carbons (Fsp3) is 0.400. The molecule has 1 aromatic rings. The first-order valence-electron chi connectivity index (χ1n) is 4.26. The van der Waals surface area contributed by atoms with E-state index >= 15 is 0 Å². The minimum absolute atomic E-state index is 0.239. The average Bonchev–Trinajstić information content (AvgIpc) is 2.01. The summed E-state index contributed by atoms with van der Waals surface area (Å²) in [7, 11) is 1.61. The quantitative estimate of drug-likeness (QED) is 0.728. The van der Waals surface area contributed by atoms with Gasteiger partial charge in [0.25, 0.3) is 0 Å². The van der Waals surface area contributed by atoms with E-state index in [9.17, 15) is 0 Å². The minimum atomic E-state index is 0.239. The molecule has 0 N–H and O–H groups in total. The molecule has 0 saturated carbocycles. The van der Waals surface area contributed by atoms with Crippen LogP contribution in [0.2, 0.25) is 5.02 Å². The van der Waals surface area contributed by atoms with E-state index in [2.05, 4.69) is 0 Å². The molecule has 70 valence electrons. The molecular weight excluding hydrogens is 188 g/mol. The van der Waals surface area contributed by atoms with Crippen LogP contribution >= 0.6 is 11.6 Å². The number of ether oxygens (including phenoxy) is 2. The summed E-state index contributed by atoms with van der Waals surface area (Å²) in [6.45, 7) is 0.855. The van der Waals surface area contributed by atoms with Crippen LogP contribution < -0.4 is 4.74 Å². The lowest BCUT2D eigenvalue weighted by atomic mass is 10.0. The Kier molecular flexibility index (Phi) is 2.42. The molecule has 0 radical (unpaired) electrons. The molecule has 0 bridgehead atoms.